The summed E-state index contributed by atoms with van der Waals surface area (Å²) in [5.74, 6) is -3.40. The van der Waals surface area contributed by atoms with Crippen LogP contribution in [0, 0.1) is 17.5 Å². The molecule has 0 atom stereocenters. The molecule has 1 aromatic carbocycles. The Morgan fingerprint density at radius 1 is 1.06 bits per heavy atom. The lowest BCUT2D eigenvalue weighted by molar-refractivity contribution is 0.498. The maximum absolute atomic E-state index is 13.3. The van der Waals surface area contributed by atoms with E-state index >= 15 is 0 Å². The van der Waals surface area contributed by atoms with Gasteiger partial charge in [-0.15, -0.1) is 0 Å². The fraction of sp³-hybridized carbons (Fsp3) is 0. The second-order valence-corrected chi connectivity index (χ2v) is 3.21. The third kappa shape index (κ3) is 2.44. The van der Waals surface area contributed by atoms with Crippen LogP contribution in [0.25, 0.3) is 0 Å². The van der Waals surface area contributed by atoms with Gasteiger partial charge in [0.05, 0.1) is 23.8 Å². The zero-order chi connectivity index (χ0) is 12.4. The van der Waals surface area contributed by atoms with Crippen LogP contribution in [-0.2, 0) is 0 Å². The highest BCUT2D eigenvalue weighted by molar-refractivity contribution is 5.54. The van der Waals surface area contributed by atoms with Crippen LogP contribution in [0.1, 0.15) is 0 Å². The van der Waals surface area contributed by atoms with Crippen LogP contribution in [0.4, 0.5) is 30.5 Å². The number of hydrogen-bond acceptors (Lipinski definition) is 4. The first-order chi connectivity index (χ1) is 8.06. The smallest absolute Gasteiger partial charge is 0.227 e. The molecule has 0 aliphatic heterocycles. The number of nitrogen functional groups attached to an aromatic ring is 1. The molecule has 0 unspecified atom stereocenters. The van der Waals surface area contributed by atoms with E-state index in [-0.39, 0.29) is 11.6 Å². The van der Waals surface area contributed by atoms with Gasteiger partial charge in [-0.2, -0.15) is 0 Å². The minimum Gasteiger partial charge on any atom is -0.396 e. The Morgan fingerprint density at radius 3 is 2.35 bits per heavy atom. The van der Waals surface area contributed by atoms with Crippen molar-refractivity contribution in [2.24, 2.45) is 0 Å². The van der Waals surface area contributed by atoms with E-state index in [2.05, 4.69) is 15.3 Å². The number of nitrogens with zero attached hydrogens (tertiary/aromatic N) is 2. The lowest BCUT2D eigenvalue weighted by Crippen LogP contribution is -2.02. The Bertz CT molecular complexity index is 542. The number of rotatable bonds is 2. The van der Waals surface area contributed by atoms with Crippen molar-refractivity contribution in [3.63, 3.8) is 0 Å². The Balaban J connectivity index is 2.32. The summed E-state index contributed by atoms with van der Waals surface area (Å²) in [5, 5.41) is 2.35. The molecule has 0 saturated carbocycles. The number of nitrogens with one attached hydrogen (secondary N) is 1. The molecule has 1 heterocycles. The van der Waals surface area contributed by atoms with Gasteiger partial charge in [0.15, 0.2) is 11.6 Å². The largest absolute Gasteiger partial charge is 0.396 e. The van der Waals surface area contributed by atoms with Crippen LogP contribution < -0.4 is 11.1 Å². The number of hydrogen-bond donors (Lipinski definition) is 2. The molecule has 0 aliphatic carbocycles. The predicted octanol–water partition coefficient (Wildman–Crippen LogP) is 2.22. The molecule has 3 N–H and O–H groups in total. The zero-order valence-corrected chi connectivity index (χ0v) is 8.42. The maximum atomic E-state index is 13.3. The molecular formula is C10H7F3N4. The van der Waals surface area contributed by atoms with Gasteiger partial charge in [-0.25, -0.2) is 23.1 Å². The summed E-state index contributed by atoms with van der Waals surface area (Å²) in [7, 11) is 0. The summed E-state index contributed by atoms with van der Waals surface area (Å²) in [4.78, 5) is 7.43. The average Bonchev–Trinajstić information content (AvgIpc) is 2.28. The van der Waals surface area contributed by atoms with E-state index in [9.17, 15) is 13.2 Å². The first-order valence-corrected chi connectivity index (χ1v) is 4.55. The monoisotopic (exact) mass is 240 g/mol. The Labute approximate surface area is 94.3 Å². The highest BCUT2D eigenvalue weighted by atomic mass is 19.2. The summed E-state index contributed by atoms with van der Waals surface area (Å²) in [6, 6.07) is 1.25. The van der Waals surface area contributed by atoms with Crippen LogP contribution in [-0.4, -0.2) is 9.97 Å². The lowest BCUT2D eigenvalue weighted by Gasteiger charge is -2.06. The van der Waals surface area contributed by atoms with Gasteiger partial charge in [-0.1, -0.05) is 0 Å². The molecule has 88 valence electrons. The van der Waals surface area contributed by atoms with E-state index in [0.717, 1.165) is 6.07 Å². The highest BCUT2D eigenvalue weighted by Gasteiger charge is 2.11. The summed E-state index contributed by atoms with van der Waals surface area (Å²) in [5.41, 5.74) is 5.29. The second kappa shape index (κ2) is 4.28. The fourth-order valence-electron chi connectivity index (χ4n) is 1.17. The van der Waals surface area contributed by atoms with Gasteiger partial charge in [-0.3, -0.25) is 0 Å². The van der Waals surface area contributed by atoms with E-state index in [0.29, 0.717) is 11.8 Å². The van der Waals surface area contributed by atoms with Crippen molar-refractivity contribution in [1.82, 2.24) is 9.97 Å². The van der Waals surface area contributed by atoms with E-state index in [1.807, 2.05) is 0 Å². The summed E-state index contributed by atoms with van der Waals surface area (Å²) < 4.78 is 39.0. The fourth-order valence-corrected chi connectivity index (χ4v) is 1.17. The quantitative estimate of drug-likeness (QED) is 0.790. The standard InChI is InChI=1S/C10H7F3N4/c11-5-1-7(12)9(13)8(2-5)17-10-15-3-6(14)4-16-10/h1-4H,14H2,(H,15,16,17). The molecule has 0 spiro atoms. The van der Waals surface area contributed by atoms with Crippen LogP contribution in [0.2, 0.25) is 0 Å². The third-order valence-electron chi connectivity index (χ3n) is 1.91. The van der Waals surface area contributed by atoms with Crippen molar-refractivity contribution >= 4 is 17.3 Å². The molecule has 0 aliphatic rings. The lowest BCUT2D eigenvalue weighted by atomic mass is 10.3. The first-order valence-electron chi connectivity index (χ1n) is 4.55. The highest BCUT2D eigenvalue weighted by Crippen LogP contribution is 2.21. The molecule has 4 nitrogen and oxygen atoms in total. The van der Waals surface area contributed by atoms with Gasteiger partial charge < -0.3 is 11.1 Å². The van der Waals surface area contributed by atoms with Crippen LogP contribution in [0.15, 0.2) is 24.5 Å². The minimum atomic E-state index is -1.29. The Morgan fingerprint density at radius 2 is 1.71 bits per heavy atom. The Hall–Kier alpha value is -2.31. The van der Waals surface area contributed by atoms with Crippen molar-refractivity contribution in [3.05, 3.63) is 42.0 Å². The molecule has 17 heavy (non-hydrogen) atoms. The molecule has 0 bridgehead atoms. The van der Waals surface area contributed by atoms with Crippen LogP contribution in [0.5, 0.6) is 0 Å². The SMILES string of the molecule is Nc1cnc(Nc2cc(F)cc(F)c2F)nc1. The van der Waals surface area contributed by atoms with Crippen molar-refractivity contribution < 1.29 is 13.2 Å². The number of aromatic nitrogens is 2. The number of nitrogens with two attached hydrogens (primary N) is 1. The van der Waals surface area contributed by atoms with Crippen molar-refractivity contribution in [3.8, 4) is 0 Å². The van der Waals surface area contributed by atoms with Gasteiger partial charge >= 0.3 is 0 Å². The molecule has 0 amide bonds. The predicted molar refractivity (Wildman–Crippen MR) is 56.0 cm³/mol. The summed E-state index contributed by atoms with van der Waals surface area (Å²) >= 11 is 0. The molecule has 0 fully saturated rings. The number of halogens is 3. The van der Waals surface area contributed by atoms with Crippen molar-refractivity contribution in [2.75, 3.05) is 11.1 Å². The van der Waals surface area contributed by atoms with E-state index in [4.69, 9.17) is 5.73 Å². The van der Waals surface area contributed by atoms with Crippen LogP contribution >= 0.6 is 0 Å². The van der Waals surface area contributed by atoms with Gasteiger partial charge in [-0.05, 0) is 0 Å². The van der Waals surface area contributed by atoms with Gasteiger partial charge in [0, 0.05) is 12.1 Å². The molecule has 2 rings (SSSR count). The van der Waals surface area contributed by atoms with Gasteiger partial charge in [0.1, 0.15) is 5.82 Å². The summed E-state index contributed by atoms with van der Waals surface area (Å²) in [6.45, 7) is 0. The molecule has 0 radical (unpaired) electrons. The van der Waals surface area contributed by atoms with Gasteiger partial charge in [0.25, 0.3) is 0 Å². The van der Waals surface area contributed by atoms with Crippen LogP contribution in [0.3, 0.4) is 0 Å². The number of anilines is 3. The molecule has 7 heteroatoms. The normalized spacial score (nSPS) is 10.3. The molecule has 2 aromatic rings. The first kappa shape index (κ1) is 11.2. The average molecular weight is 240 g/mol. The zero-order valence-electron chi connectivity index (χ0n) is 8.42. The van der Waals surface area contributed by atoms with Crippen molar-refractivity contribution in [1.29, 1.82) is 0 Å². The van der Waals surface area contributed by atoms with E-state index in [1.54, 1.807) is 0 Å². The summed E-state index contributed by atoms with van der Waals surface area (Å²) in [6.07, 6.45) is 2.56. The minimum absolute atomic E-state index is 0.0110. The van der Waals surface area contributed by atoms with Crippen molar-refractivity contribution in [2.45, 2.75) is 0 Å². The van der Waals surface area contributed by atoms with E-state index < -0.39 is 17.5 Å². The van der Waals surface area contributed by atoms with E-state index in [1.165, 1.54) is 12.4 Å². The second-order valence-electron chi connectivity index (χ2n) is 3.21. The molecule has 1 aromatic heterocycles. The molecular weight excluding hydrogens is 233 g/mol. The van der Waals surface area contributed by atoms with Gasteiger partial charge in [0.2, 0.25) is 5.95 Å². The third-order valence-corrected chi connectivity index (χ3v) is 1.91. The topological polar surface area (TPSA) is 63.8 Å². The maximum Gasteiger partial charge on any atom is 0.227 e. The molecule has 0 saturated heterocycles. The Kier molecular flexibility index (Phi) is 2.82. The number of benzene rings is 1.